The van der Waals surface area contributed by atoms with Crippen LogP contribution in [0.25, 0.3) is 0 Å². The van der Waals surface area contributed by atoms with Gasteiger partial charge in [-0.15, -0.1) is 12.8 Å². The zero-order chi connectivity index (χ0) is 30.7. The van der Waals surface area contributed by atoms with E-state index in [1.807, 2.05) is 13.8 Å². The van der Waals surface area contributed by atoms with E-state index in [1.54, 1.807) is 13.8 Å². The maximum Gasteiger partial charge on any atom is 0.230 e. The molecule has 0 bridgehead atoms. The highest BCUT2D eigenvalue weighted by Gasteiger charge is 2.44. The molecule has 0 saturated heterocycles. The van der Waals surface area contributed by atoms with Crippen LogP contribution in [0.2, 0.25) is 0 Å². The number of ether oxygens (including phenoxy) is 7. The Morgan fingerprint density at radius 1 is 0.650 bits per heavy atom. The molecule has 4 unspecified atom stereocenters. The van der Waals surface area contributed by atoms with Crippen molar-refractivity contribution in [2.45, 2.75) is 89.3 Å². The van der Waals surface area contributed by atoms with Crippen molar-refractivity contribution in [3.05, 3.63) is 0 Å². The number of terminal acetylenes is 2. The molecule has 0 saturated carbocycles. The minimum absolute atomic E-state index is 0.0145. The van der Waals surface area contributed by atoms with Crippen molar-refractivity contribution in [3.8, 4) is 24.7 Å². The van der Waals surface area contributed by atoms with Crippen LogP contribution >= 0.6 is 0 Å². The van der Waals surface area contributed by atoms with Crippen LogP contribution in [0.1, 0.15) is 54.4 Å². The molecule has 0 radical (unpaired) electrons. The summed E-state index contributed by atoms with van der Waals surface area (Å²) in [4.78, 5) is 0. The van der Waals surface area contributed by atoms with Crippen molar-refractivity contribution in [1.29, 1.82) is 0 Å². The van der Waals surface area contributed by atoms with Gasteiger partial charge in [0.15, 0.2) is 0 Å². The maximum absolute atomic E-state index is 15.6. The molecule has 0 aromatic heterocycles. The van der Waals surface area contributed by atoms with Crippen LogP contribution in [-0.2, 0) is 33.2 Å². The fourth-order valence-corrected chi connectivity index (χ4v) is 3.07. The Balaban J connectivity index is 4.33. The van der Waals surface area contributed by atoms with Crippen LogP contribution in [0.15, 0.2) is 0 Å². The number of alkyl halides is 2. The summed E-state index contributed by atoms with van der Waals surface area (Å²) < 4.78 is 67.8. The summed E-state index contributed by atoms with van der Waals surface area (Å²) in [6.45, 7) is 9.73. The Labute approximate surface area is 239 Å². The van der Waals surface area contributed by atoms with Crippen LogP contribution in [0, 0.1) is 24.7 Å². The maximum atomic E-state index is 15.6. The molecule has 4 atom stereocenters. The number of aliphatic hydroxyl groups is 2. The third-order valence-corrected chi connectivity index (χ3v) is 6.10. The second-order valence-electron chi connectivity index (χ2n) is 11.0. The van der Waals surface area contributed by atoms with Crippen molar-refractivity contribution in [2.24, 2.45) is 0 Å². The van der Waals surface area contributed by atoms with Gasteiger partial charge < -0.3 is 43.4 Å². The van der Waals surface area contributed by atoms with Gasteiger partial charge in [0.25, 0.3) is 0 Å². The molecule has 0 aliphatic rings. The average Bonchev–Trinajstić information content (AvgIpc) is 2.85. The SMILES string of the molecule is C#CCOCC(O)COCCOC(C)(F)COC(C)(C)C(C)(F)CCOC(C)(C)CCOCC(O)COCC#C. The summed E-state index contributed by atoms with van der Waals surface area (Å²) in [5.41, 5.74) is -3.76. The van der Waals surface area contributed by atoms with Crippen molar-refractivity contribution in [3.63, 3.8) is 0 Å². The first kappa shape index (κ1) is 38.6. The Bertz CT molecular complexity index is 745. The van der Waals surface area contributed by atoms with Gasteiger partial charge in [-0.1, -0.05) is 11.8 Å². The van der Waals surface area contributed by atoms with Gasteiger partial charge in [0.1, 0.15) is 37.7 Å². The molecule has 2 N–H and O–H groups in total. The van der Waals surface area contributed by atoms with E-state index in [4.69, 9.17) is 46.0 Å². The van der Waals surface area contributed by atoms with E-state index in [0.29, 0.717) is 13.0 Å². The number of rotatable bonds is 25. The molecule has 0 aliphatic carbocycles. The molecule has 234 valence electrons. The van der Waals surface area contributed by atoms with E-state index < -0.39 is 41.5 Å². The molecular formula is C29H50F2O9. The Kier molecular flexibility index (Phi) is 19.0. The molecule has 0 spiro atoms. The van der Waals surface area contributed by atoms with Gasteiger partial charge in [0.2, 0.25) is 5.85 Å². The van der Waals surface area contributed by atoms with Crippen LogP contribution in [-0.4, -0.2) is 118 Å². The summed E-state index contributed by atoms with van der Waals surface area (Å²) >= 11 is 0. The van der Waals surface area contributed by atoms with Crippen LogP contribution in [0.4, 0.5) is 8.78 Å². The summed E-state index contributed by atoms with van der Waals surface area (Å²) in [6.07, 6.45) is 9.04. The summed E-state index contributed by atoms with van der Waals surface area (Å²) in [6, 6.07) is 0. The molecule has 9 nitrogen and oxygen atoms in total. The fourth-order valence-electron chi connectivity index (χ4n) is 3.07. The van der Waals surface area contributed by atoms with Gasteiger partial charge in [-0.3, -0.25) is 0 Å². The highest BCUT2D eigenvalue weighted by Crippen LogP contribution is 2.34. The second-order valence-corrected chi connectivity index (χ2v) is 11.0. The molecule has 0 fully saturated rings. The van der Waals surface area contributed by atoms with E-state index in [9.17, 15) is 14.6 Å². The van der Waals surface area contributed by atoms with Gasteiger partial charge in [0.05, 0.1) is 57.5 Å². The van der Waals surface area contributed by atoms with Gasteiger partial charge in [-0.25, -0.2) is 8.78 Å². The predicted octanol–water partition coefficient (Wildman–Crippen LogP) is 2.84. The van der Waals surface area contributed by atoms with Gasteiger partial charge in [-0.2, -0.15) is 0 Å². The lowest BCUT2D eigenvalue weighted by atomic mass is 9.86. The minimum Gasteiger partial charge on any atom is -0.388 e. The van der Waals surface area contributed by atoms with E-state index in [2.05, 4.69) is 11.8 Å². The summed E-state index contributed by atoms with van der Waals surface area (Å²) in [7, 11) is 0. The summed E-state index contributed by atoms with van der Waals surface area (Å²) in [5, 5.41) is 19.4. The molecule has 0 heterocycles. The molecule has 0 aromatic rings. The van der Waals surface area contributed by atoms with E-state index >= 15 is 4.39 Å². The molecule has 40 heavy (non-hydrogen) atoms. The van der Waals surface area contributed by atoms with Crippen LogP contribution < -0.4 is 0 Å². The highest BCUT2D eigenvalue weighted by atomic mass is 19.2. The normalized spacial score (nSPS) is 16.9. The Morgan fingerprint density at radius 3 is 1.68 bits per heavy atom. The predicted molar refractivity (Wildman–Crippen MR) is 147 cm³/mol. The first-order valence-electron chi connectivity index (χ1n) is 13.4. The van der Waals surface area contributed by atoms with E-state index in [0.717, 1.165) is 0 Å². The first-order chi connectivity index (χ1) is 18.6. The number of hydrogen-bond donors (Lipinski definition) is 2. The minimum atomic E-state index is -2.18. The van der Waals surface area contributed by atoms with Crippen molar-refractivity contribution < 1.29 is 52.2 Å². The lowest BCUT2D eigenvalue weighted by Crippen LogP contribution is -2.49. The summed E-state index contributed by atoms with van der Waals surface area (Å²) in [5.74, 6) is 2.43. The van der Waals surface area contributed by atoms with Crippen molar-refractivity contribution >= 4 is 0 Å². The monoisotopic (exact) mass is 580 g/mol. The van der Waals surface area contributed by atoms with Crippen LogP contribution in [0.5, 0.6) is 0 Å². The van der Waals surface area contributed by atoms with Gasteiger partial charge in [0, 0.05) is 13.0 Å². The van der Waals surface area contributed by atoms with E-state index in [-0.39, 0.29) is 65.9 Å². The van der Waals surface area contributed by atoms with Crippen molar-refractivity contribution in [1.82, 2.24) is 0 Å². The zero-order valence-electron chi connectivity index (χ0n) is 25.0. The first-order valence-corrected chi connectivity index (χ1v) is 13.4. The topological polar surface area (TPSA) is 105 Å². The number of hydrogen-bond acceptors (Lipinski definition) is 9. The molecule has 0 rings (SSSR count). The third kappa shape index (κ3) is 18.9. The molecule has 11 heteroatoms. The van der Waals surface area contributed by atoms with E-state index in [1.165, 1.54) is 13.8 Å². The number of aliphatic hydroxyl groups excluding tert-OH is 2. The third-order valence-electron chi connectivity index (χ3n) is 6.10. The Morgan fingerprint density at radius 2 is 1.15 bits per heavy atom. The lowest BCUT2D eigenvalue weighted by Gasteiger charge is -2.39. The van der Waals surface area contributed by atoms with Crippen LogP contribution in [0.3, 0.4) is 0 Å². The zero-order valence-corrected chi connectivity index (χ0v) is 25.0. The largest absolute Gasteiger partial charge is 0.388 e. The molecule has 0 aliphatic heterocycles. The Hall–Kier alpha value is -1.38. The van der Waals surface area contributed by atoms with Gasteiger partial charge in [-0.05, 0) is 48.0 Å². The smallest absolute Gasteiger partial charge is 0.230 e. The molecular weight excluding hydrogens is 530 g/mol. The van der Waals surface area contributed by atoms with Crippen molar-refractivity contribution in [2.75, 3.05) is 72.7 Å². The standard InChI is InChI=1S/C29H50F2O9/c1-9-13-34-19-24(32)21-36-15-11-26(3,4)38-16-12-28(7,30)27(5,6)40-23-29(8,31)39-18-17-37-22-25(33)20-35-14-10-2/h1-2,24-25,32-33H,11-23H2,3-8H3. The lowest BCUT2D eigenvalue weighted by molar-refractivity contribution is -0.221. The second kappa shape index (κ2) is 19.7. The van der Waals surface area contributed by atoms with Gasteiger partial charge >= 0.3 is 0 Å². The highest BCUT2D eigenvalue weighted by molar-refractivity contribution is 4.93. The number of halogens is 2. The molecule has 0 aromatic carbocycles. The molecule has 0 amide bonds. The fraction of sp³-hybridized carbons (Fsp3) is 0.862. The average molecular weight is 581 g/mol. The quantitative estimate of drug-likeness (QED) is 0.125.